The molecule has 2 amide bonds. The van der Waals surface area contributed by atoms with E-state index in [2.05, 4.69) is 11.0 Å². The molecule has 2 fully saturated rings. The smallest absolute Gasteiger partial charge is 0.240 e. The molecular weight excluding hydrogens is 306 g/mol. The van der Waals surface area contributed by atoms with Crippen molar-refractivity contribution in [3.63, 3.8) is 0 Å². The van der Waals surface area contributed by atoms with Gasteiger partial charge in [0.25, 0.3) is 0 Å². The third kappa shape index (κ3) is 3.32. The Bertz CT molecular complexity index is 611. The summed E-state index contributed by atoms with van der Waals surface area (Å²) in [6, 6.07) is 7.58. The highest BCUT2D eigenvalue weighted by molar-refractivity contribution is 5.88. The molecule has 6 heteroatoms. The molecule has 1 aromatic carbocycles. The second kappa shape index (κ2) is 7.11. The van der Waals surface area contributed by atoms with E-state index < -0.39 is 6.04 Å². The van der Waals surface area contributed by atoms with Crippen LogP contribution in [-0.2, 0) is 9.59 Å². The average Bonchev–Trinajstić information content (AvgIpc) is 3.11. The van der Waals surface area contributed by atoms with Crippen molar-refractivity contribution in [1.29, 1.82) is 0 Å². The molecule has 0 radical (unpaired) electrons. The summed E-state index contributed by atoms with van der Waals surface area (Å²) in [5, 5.41) is 0. The molecule has 0 aromatic heterocycles. The third-order valence-corrected chi connectivity index (χ3v) is 5.13. The van der Waals surface area contributed by atoms with Crippen LogP contribution in [0.25, 0.3) is 0 Å². The zero-order valence-electron chi connectivity index (χ0n) is 14.1. The van der Waals surface area contributed by atoms with E-state index in [-0.39, 0.29) is 17.7 Å². The minimum atomic E-state index is -0.408. The second-order valence-corrected chi connectivity index (χ2v) is 6.55. The zero-order valence-corrected chi connectivity index (χ0v) is 14.1. The number of hydrogen-bond donors (Lipinski definition) is 1. The first-order valence-corrected chi connectivity index (χ1v) is 8.59. The Hall–Kier alpha value is -2.24. The molecule has 2 aliphatic rings. The van der Waals surface area contributed by atoms with Gasteiger partial charge in [-0.25, -0.2) is 0 Å². The van der Waals surface area contributed by atoms with Crippen LogP contribution in [0.2, 0.25) is 0 Å². The van der Waals surface area contributed by atoms with E-state index in [9.17, 15) is 9.59 Å². The number of carbonyl (C=O) groups is 2. The summed E-state index contributed by atoms with van der Waals surface area (Å²) in [5.41, 5.74) is 6.55. The van der Waals surface area contributed by atoms with Crippen LogP contribution in [-0.4, -0.2) is 49.5 Å². The second-order valence-electron chi connectivity index (χ2n) is 6.55. The van der Waals surface area contributed by atoms with Crippen LogP contribution in [0.5, 0.6) is 5.75 Å². The molecule has 2 aliphatic heterocycles. The number of benzene rings is 1. The van der Waals surface area contributed by atoms with Crippen LogP contribution in [0.3, 0.4) is 0 Å². The Labute approximate surface area is 142 Å². The van der Waals surface area contributed by atoms with Crippen LogP contribution < -0.4 is 15.4 Å². The molecule has 2 heterocycles. The minimum absolute atomic E-state index is 0.00759. The summed E-state index contributed by atoms with van der Waals surface area (Å²) in [5.74, 6) is 0.551. The average molecular weight is 331 g/mol. The molecular formula is C18H25N3O3. The van der Waals surface area contributed by atoms with Crippen molar-refractivity contribution >= 4 is 17.5 Å². The van der Waals surface area contributed by atoms with Crippen molar-refractivity contribution in [2.24, 2.45) is 11.7 Å². The van der Waals surface area contributed by atoms with Gasteiger partial charge in [0.2, 0.25) is 11.8 Å². The fraction of sp³-hybridized carbons (Fsp3) is 0.556. The van der Waals surface area contributed by atoms with Gasteiger partial charge in [-0.15, -0.1) is 0 Å². The fourth-order valence-corrected chi connectivity index (χ4v) is 3.75. The van der Waals surface area contributed by atoms with Crippen molar-refractivity contribution in [1.82, 2.24) is 4.90 Å². The summed E-state index contributed by atoms with van der Waals surface area (Å²) in [4.78, 5) is 28.2. The van der Waals surface area contributed by atoms with Crippen molar-refractivity contribution in [2.75, 3.05) is 31.6 Å². The molecule has 0 aliphatic carbocycles. The summed E-state index contributed by atoms with van der Waals surface area (Å²) in [6.45, 7) is 2.32. The van der Waals surface area contributed by atoms with E-state index in [0.717, 1.165) is 43.8 Å². The monoisotopic (exact) mass is 331 g/mol. The maximum atomic E-state index is 12.7. The number of ether oxygens (including phenoxy) is 1. The Morgan fingerprint density at radius 2 is 1.92 bits per heavy atom. The van der Waals surface area contributed by atoms with Crippen molar-refractivity contribution in [3.05, 3.63) is 24.3 Å². The summed E-state index contributed by atoms with van der Waals surface area (Å²) >= 11 is 0. The topological polar surface area (TPSA) is 75.9 Å². The first-order valence-electron chi connectivity index (χ1n) is 8.59. The Morgan fingerprint density at radius 1 is 1.17 bits per heavy atom. The molecule has 2 saturated heterocycles. The quantitative estimate of drug-likeness (QED) is 0.904. The highest BCUT2D eigenvalue weighted by Crippen LogP contribution is 2.29. The lowest BCUT2D eigenvalue weighted by Crippen LogP contribution is -2.48. The van der Waals surface area contributed by atoms with Crippen molar-refractivity contribution in [2.45, 2.75) is 31.7 Å². The van der Waals surface area contributed by atoms with Crippen LogP contribution >= 0.6 is 0 Å². The first kappa shape index (κ1) is 16.6. The maximum Gasteiger partial charge on any atom is 0.240 e. The number of nitrogens with two attached hydrogens (primary N) is 1. The number of piperidine rings is 1. The molecule has 0 saturated carbocycles. The molecule has 130 valence electrons. The number of methoxy groups -OCH3 is 1. The van der Waals surface area contributed by atoms with Gasteiger partial charge in [0, 0.05) is 37.3 Å². The lowest BCUT2D eigenvalue weighted by atomic mass is 9.94. The Balaban J connectivity index is 1.60. The molecule has 0 bridgehead atoms. The number of primary amides is 1. The minimum Gasteiger partial charge on any atom is -0.497 e. The highest BCUT2D eigenvalue weighted by atomic mass is 16.5. The van der Waals surface area contributed by atoms with Crippen LogP contribution in [0.1, 0.15) is 25.7 Å². The van der Waals surface area contributed by atoms with Gasteiger partial charge in [0.05, 0.1) is 7.11 Å². The van der Waals surface area contributed by atoms with E-state index >= 15 is 0 Å². The van der Waals surface area contributed by atoms with Crippen molar-refractivity contribution in [3.8, 4) is 5.75 Å². The lowest BCUT2D eigenvalue weighted by Gasteiger charge is -2.35. The summed E-state index contributed by atoms with van der Waals surface area (Å²) in [7, 11) is 1.66. The van der Waals surface area contributed by atoms with Crippen molar-refractivity contribution < 1.29 is 14.3 Å². The normalized spacial score (nSPS) is 21.8. The number of anilines is 1. The van der Waals surface area contributed by atoms with Gasteiger partial charge in [-0.1, -0.05) is 6.07 Å². The summed E-state index contributed by atoms with van der Waals surface area (Å²) < 4.78 is 5.28. The fourth-order valence-electron chi connectivity index (χ4n) is 3.75. The third-order valence-electron chi connectivity index (χ3n) is 5.13. The number of likely N-dealkylation sites (tertiary alicyclic amines) is 1. The molecule has 6 nitrogen and oxygen atoms in total. The molecule has 0 spiro atoms. The van der Waals surface area contributed by atoms with Gasteiger partial charge in [-0.05, 0) is 37.8 Å². The van der Waals surface area contributed by atoms with Crippen LogP contribution in [0.15, 0.2) is 24.3 Å². The van der Waals surface area contributed by atoms with Crippen LogP contribution in [0, 0.1) is 5.92 Å². The number of amides is 2. The number of hydrogen-bond acceptors (Lipinski definition) is 4. The predicted octanol–water partition coefficient (Wildman–Crippen LogP) is 1.39. The predicted molar refractivity (Wildman–Crippen MR) is 91.9 cm³/mol. The van der Waals surface area contributed by atoms with E-state index in [1.54, 1.807) is 12.0 Å². The molecule has 3 rings (SSSR count). The van der Waals surface area contributed by atoms with E-state index in [1.165, 1.54) is 0 Å². The molecule has 24 heavy (non-hydrogen) atoms. The van der Waals surface area contributed by atoms with Gasteiger partial charge in [-0.2, -0.15) is 0 Å². The first-order chi connectivity index (χ1) is 11.6. The zero-order chi connectivity index (χ0) is 17.1. The highest BCUT2D eigenvalue weighted by Gasteiger charge is 2.37. The van der Waals surface area contributed by atoms with Gasteiger partial charge in [0.1, 0.15) is 11.8 Å². The number of carbonyl (C=O) groups excluding carboxylic acids is 2. The van der Waals surface area contributed by atoms with Gasteiger partial charge in [-0.3, -0.25) is 9.59 Å². The van der Waals surface area contributed by atoms with Gasteiger partial charge >= 0.3 is 0 Å². The number of rotatable bonds is 4. The largest absolute Gasteiger partial charge is 0.497 e. The molecule has 1 atom stereocenters. The van der Waals surface area contributed by atoms with Crippen LogP contribution in [0.4, 0.5) is 5.69 Å². The molecule has 2 N–H and O–H groups in total. The lowest BCUT2D eigenvalue weighted by molar-refractivity contribution is -0.141. The van der Waals surface area contributed by atoms with Gasteiger partial charge < -0.3 is 20.3 Å². The van der Waals surface area contributed by atoms with Gasteiger partial charge in [0.15, 0.2) is 0 Å². The molecule has 1 unspecified atom stereocenters. The number of nitrogens with zero attached hydrogens (tertiary/aromatic N) is 2. The van der Waals surface area contributed by atoms with E-state index in [4.69, 9.17) is 10.5 Å². The summed E-state index contributed by atoms with van der Waals surface area (Å²) in [6.07, 6.45) is 3.17. The van der Waals surface area contributed by atoms with E-state index in [1.807, 2.05) is 18.2 Å². The molecule has 1 aromatic rings. The Morgan fingerprint density at radius 3 is 2.58 bits per heavy atom. The Kier molecular flexibility index (Phi) is 4.92. The standard InChI is InChI=1S/C18H25N3O3/c1-24-15-5-2-4-14(12-15)20-10-7-13(8-11-20)18(23)21-9-3-6-16(21)17(19)22/h2,4-5,12-13,16H,3,6-11H2,1H3,(H2,19,22). The SMILES string of the molecule is COc1cccc(N2CCC(C(=O)N3CCCC3C(N)=O)CC2)c1. The van der Waals surface area contributed by atoms with E-state index in [0.29, 0.717) is 13.0 Å². The maximum absolute atomic E-state index is 12.7.